The molecule has 1 aromatic heterocycles. The van der Waals surface area contributed by atoms with Crippen LogP contribution in [0.4, 0.5) is 10.8 Å². The normalized spacial score (nSPS) is 11.6. The maximum atomic E-state index is 12.3. The van der Waals surface area contributed by atoms with Crippen LogP contribution in [0.2, 0.25) is 10.0 Å². The summed E-state index contributed by atoms with van der Waals surface area (Å²) in [5, 5.41) is 8.66. The van der Waals surface area contributed by atoms with Crippen LogP contribution >= 0.6 is 34.5 Å². The Balaban J connectivity index is 2.40. The highest BCUT2D eigenvalue weighted by Gasteiger charge is 2.23. The van der Waals surface area contributed by atoms with Crippen molar-refractivity contribution < 1.29 is 8.42 Å². The van der Waals surface area contributed by atoms with Gasteiger partial charge in [-0.3, -0.25) is 4.72 Å². The fraction of sp³-hybridized carbons (Fsp3) is 0.200. The SMILES string of the molecule is CCc1nnc(NS(=O)(=O)c2c(N)cc(Cl)cc2Cl)s1. The first-order valence-electron chi connectivity index (χ1n) is 5.43. The third kappa shape index (κ3) is 3.14. The monoisotopic (exact) mass is 352 g/mol. The van der Waals surface area contributed by atoms with Crippen molar-refractivity contribution in [2.75, 3.05) is 10.5 Å². The molecule has 0 unspecified atom stereocenters. The number of aromatic nitrogens is 2. The number of nitrogens with one attached hydrogen (secondary N) is 1. The maximum Gasteiger partial charge on any atom is 0.267 e. The zero-order chi connectivity index (χ0) is 14.9. The lowest BCUT2D eigenvalue weighted by Crippen LogP contribution is -2.15. The largest absolute Gasteiger partial charge is 0.398 e. The van der Waals surface area contributed by atoms with E-state index in [9.17, 15) is 8.42 Å². The zero-order valence-corrected chi connectivity index (χ0v) is 13.4. The second-order valence-corrected chi connectivity index (χ2v) is 7.29. The number of rotatable bonds is 4. The van der Waals surface area contributed by atoms with E-state index < -0.39 is 10.0 Å². The fourth-order valence-electron chi connectivity index (χ4n) is 1.47. The van der Waals surface area contributed by atoms with Gasteiger partial charge in [0.15, 0.2) is 0 Å². The molecule has 3 N–H and O–H groups in total. The van der Waals surface area contributed by atoms with Gasteiger partial charge in [-0.15, -0.1) is 10.2 Å². The van der Waals surface area contributed by atoms with E-state index in [0.29, 0.717) is 6.42 Å². The Morgan fingerprint density at radius 1 is 1.35 bits per heavy atom. The van der Waals surface area contributed by atoms with Gasteiger partial charge in [-0.05, 0) is 18.6 Å². The Morgan fingerprint density at radius 3 is 2.60 bits per heavy atom. The van der Waals surface area contributed by atoms with Crippen LogP contribution in [0.3, 0.4) is 0 Å². The fourth-order valence-corrected chi connectivity index (χ4v) is 4.37. The molecular weight excluding hydrogens is 343 g/mol. The van der Waals surface area contributed by atoms with Crippen LogP contribution in [0.25, 0.3) is 0 Å². The van der Waals surface area contributed by atoms with E-state index in [-0.39, 0.29) is 25.8 Å². The number of hydrogen-bond donors (Lipinski definition) is 2. The molecule has 0 saturated carbocycles. The van der Waals surface area contributed by atoms with E-state index in [4.69, 9.17) is 28.9 Å². The van der Waals surface area contributed by atoms with Crippen molar-refractivity contribution >= 4 is 55.4 Å². The highest BCUT2D eigenvalue weighted by Crippen LogP contribution is 2.32. The second-order valence-electron chi connectivity index (χ2n) is 3.77. The molecule has 0 radical (unpaired) electrons. The standard InChI is InChI=1S/C10H10Cl2N4O2S2/c1-2-8-14-15-10(19-8)16-20(17,18)9-6(12)3-5(11)4-7(9)13/h3-4H,2,13H2,1H3,(H,15,16). The Labute approximate surface area is 130 Å². The number of nitrogens with zero attached hydrogens (tertiary/aromatic N) is 2. The predicted molar refractivity (Wildman–Crippen MR) is 81.0 cm³/mol. The van der Waals surface area contributed by atoms with E-state index in [2.05, 4.69) is 14.9 Å². The molecular formula is C10H10Cl2N4O2S2. The van der Waals surface area contributed by atoms with Gasteiger partial charge in [-0.1, -0.05) is 41.5 Å². The topological polar surface area (TPSA) is 98.0 Å². The molecule has 10 heteroatoms. The molecule has 108 valence electrons. The average Bonchev–Trinajstić information content (AvgIpc) is 2.73. The lowest BCUT2D eigenvalue weighted by molar-refractivity contribution is 0.601. The van der Waals surface area contributed by atoms with Gasteiger partial charge in [0.2, 0.25) is 5.13 Å². The quantitative estimate of drug-likeness (QED) is 0.824. The van der Waals surface area contributed by atoms with Crippen molar-refractivity contribution in [3.05, 3.63) is 27.2 Å². The van der Waals surface area contributed by atoms with Gasteiger partial charge in [0.25, 0.3) is 10.0 Å². The smallest absolute Gasteiger partial charge is 0.267 e. The van der Waals surface area contributed by atoms with Crippen LogP contribution in [0.1, 0.15) is 11.9 Å². The van der Waals surface area contributed by atoms with Crippen molar-refractivity contribution in [2.24, 2.45) is 0 Å². The Bertz CT molecular complexity index is 722. The Hall–Kier alpha value is -1.09. The summed E-state index contributed by atoms with van der Waals surface area (Å²) in [5.41, 5.74) is 5.64. The predicted octanol–water partition coefficient (Wildman–Crippen LogP) is 2.79. The number of halogens is 2. The van der Waals surface area contributed by atoms with Gasteiger partial charge in [0.05, 0.1) is 10.7 Å². The Morgan fingerprint density at radius 2 is 2.05 bits per heavy atom. The summed E-state index contributed by atoms with van der Waals surface area (Å²) in [6.45, 7) is 1.90. The van der Waals surface area contributed by atoms with Crippen molar-refractivity contribution in [2.45, 2.75) is 18.2 Å². The van der Waals surface area contributed by atoms with Crippen molar-refractivity contribution in [3.63, 3.8) is 0 Å². The highest BCUT2D eigenvalue weighted by atomic mass is 35.5. The number of anilines is 2. The first-order valence-corrected chi connectivity index (χ1v) is 8.48. The molecule has 1 aromatic carbocycles. The molecule has 0 aliphatic rings. The molecule has 2 aromatic rings. The first-order chi connectivity index (χ1) is 9.33. The number of nitrogens with two attached hydrogens (primary N) is 1. The molecule has 0 aliphatic carbocycles. The molecule has 0 saturated heterocycles. The number of aryl methyl sites for hydroxylation is 1. The summed E-state index contributed by atoms with van der Waals surface area (Å²) in [6.07, 6.45) is 0.670. The summed E-state index contributed by atoms with van der Waals surface area (Å²) in [5.74, 6) is 0. The molecule has 0 aliphatic heterocycles. The van der Waals surface area contributed by atoms with Gasteiger partial charge in [0.1, 0.15) is 9.90 Å². The summed E-state index contributed by atoms with van der Waals surface area (Å²) in [6, 6.07) is 2.63. The van der Waals surface area contributed by atoms with Crippen molar-refractivity contribution in [1.82, 2.24) is 10.2 Å². The maximum absolute atomic E-state index is 12.3. The van der Waals surface area contributed by atoms with E-state index in [0.717, 1.165) is 16.3 Å². The molecule has 0 atom stereocenters. The van der Waals surface area contributed by atoms with E-state index in [1.165, 1.54) is 12.1 Å². The van der Waals surface area contributed by atoms with Gasteiger partial charge in [0, 0.05) is 5.02 Å². The van der Waals surface area contributed by atoms with Crippen LogP contribution in [-0.2, 0) is 16.4 Å². The minimum absolute atomic E-state index is 0.0322. The first kappa shape index (κ1) is 15.3. The summed E-state index contributed by atoms with van der Waals surface area (Å²) >= 11 is 12.8. The van der Waals surface area contributed by atoms with Gasteiger partial charge < -0.3 is 5.73 Å². The van der Waals surface area contributed by atoms with E-state index in [1.54, 1.807) is 0 Å². The van der Waals surface area contributed by atoms with E-state index in [1.807, 2.05) is 6.92 Å². The summed E-state index contributed by atoms with van der Waals surface area (Å²) in [7, 11) is -3.94. The summed E-state index contributed by atoms with van der Waals surface area (Å²) < 4.78 is 26.8. The van der Waals surface area contributed by atoms with Crippen molar-refractivity contribution in [1.29, 1.82) is 0 Å². The molecule has 2 rings (SSSR count). The van der Waals surface area contributed by atoms with Crippen LogP contribution < -0.4 is 10.5 Å². The molecule has 6 nitrogen and oxygen atoms in total. The van der Waals surface area contributed by atoms with E-state index >= 15 is 0 Å². The molecule has 0 spiro atoms. The third-order valence-electron chi connectivity index (χ3n) is 2.30. The highest BCUT2D eigenvalue weighted by molar-refractivity contribution is 7.93. The lowest BCUT2D eigenvalue weighted by atomic mass is 10.3. The number of nitrogen functional groups attached to an aromatic ring is 1. The number of benzene rings is 1. The van der Waals surface area contributed by atoms with Gasteiger partial charge in [-0.25, -0.2) is 8.42 Å². The minimum Gasteiger partial charge on any atom is -0.398 e. The van der Waals surface area contributed by atoms with Crippen LogP contribution in [-0.4, -0.2) is 18.6 Å². The van der Waals surface area contributed by atoms with Crippen LogP contribution in [0.5, 0.6) is 0 Å². The average molecular weight is 353 g/mol. The number of sulfonamides is 1. The second kappa shape index (κ2) is 5.72. The van der Waals surface area contributed by atoms with Crippen molar-refractivity contribution in [3.8, 4) is 0 Å². The Kier molecular flexibility index (Phi) is 4.38. The third-order valence-corrected chi connectivity index (χ3v) is 5.49. The molecule has 20 heavy (non-hydrogen) atoms. The zero-order valence-electron chi connectivity index (χ0n) is 10.2. The van der Waals surface area contributed by atoms with Crippen LogP contribution in [0, 0.1) is 0 Å². The van der Waals surface area contributed by atoms with Gasteiger partial charge >= 0.3 is 0 Å². The van der Waals surface area contributed by atoms with Crippen LogP contribution in [0.15, 0.2) is 17.0 Å². The van der Waals surface area contributed by atoms with Gasteiger partial charge in [-0.2, -0.15) is 0 Å². The number of hydrogen-bond acceptors (Lipinski definition) is 6. The minimum atomic E-state index is -3.94. The summed E-state index contributed by atoms with van der Waals surface area (Å²) in [4.78, 5) is -0.225. The lowest BCUT2D eigenvalue weighted by Gasteiger charge is -2.10. The molecule has 0 bridgehead atoms. The molecule has 1 heterocycles. The molecule has 0 amide bonds. The molecule has 0 fully saturated rings.